The first-order chi connectivity index (χ1) is 16.6. The van der Waals surface area contributed by atoms with Gasteiger partial charge in [-0.25, -0.2) is 0 Å². The second-order valence-electron chi connectivity index (χ2n) is 11.4. The molecule has 0 heterocycles. The van der Waals surface area contributed by atoms with Crippen molar-refractivity contribution in [1.82, 2.24) is 0 Å². The molecule has 0 aliphatic rings. The maximum atomic E-state index is 6.15. The molecule has 0 unspecified atom stereocenters. The van der Waals surface area contributed by atoms with Gasteiger partial charge in [-0.1, -0.05) is 187 Å². The van der Waals surface area contributed by atoms with Crippen molar-refractivity contribution in [2.45, 2.75) is 199 Å². The van der Waals surface area contributed by atoms with E-state index in [2.05, 4.69) is 6.92 Å². The van der Waals surface area contributed by atoms with Crippen molar-refractivity contribution in [1.29, 1.82) is 0 Å². The van der Waals surface area contributed by atoms with Gasteiger partial charge in [-0.3, -0.25) is 0 Å². The van der Waals surface area contributed by atoms with E-state index in [0.29, 0.717) is 0 Å². The average Bonchev–Trinajstić information content (AvgIpc) is 2.80. The Morgan fingerprint density at radius 1 is 0.324 bits per heavy atom. The van der Waals surface area contributed by atoms with Gasteiger partial charge in [0, 0.05) is 0 Å². The largest absolute Gasteiger partial charge is 0.248 e. The van der Waals surface area contributed by atoms with Crippen LogP contribution in [0.1, 0.15) is 187 Å². The molecule has 0 N–H and O–H groups in total. The first kappa shape index (κ1) is 34.8. The molecular formula is C31H64Cl2Si. The van der Waals surface area contributed by atoms with Crippen molar-refractivity contribution in [2.24, 2.45) is 0 Å². The summed E-state index contributed by atoms with van der Waals surface area (Å²) in [5.74, 6) is 0. The lowest BCUT2D eigenvalue weighted by Gasteiger charge is -2.09. The van der Waals surface area contributed by atoms with E-state index in [1.165, 1.54) is 180 Å². The lowest BCUT2D eigenvalue weighted by Crippen LogP contribution is -2.11. The van der Waals surface area contributed by atoms with Gasteiger partial charge < -0.3 is 0 Å². The van der Waals surface area contributed by atoms with Crippen LogP contribution in [0.5, 0.6) is 0 Å². The number of hydrogen-bond donors (Lipinski definition) is 0. The molecule has 206 valence electrons. The fourth-order valence-corrected chi connectivity index (χ4v) is 6.78. The van der Waals surface area contributed by atoms with Gasteiger partial charge in [0.2, 0.25) is 6.69 Å². The third kappa shape index (κ3) is 32.8. The lowest BCUT2D eigenvalue weighted by molar-refractivity contribution is 0.514. The summed E-state index contributed by atoms with van der Waals surface area (Å²) < 4.78 is 0. The maximum absolute atomic E-state index is 6.15. The third-order valence-electron chi connectivity index (χ3n) is 7.47. The van der Waals surface area contributed by atoms with E-state index in [0.717, 1.165) is 6.04 Å². The van der Waals surface area contributed by atoms with E-state index in [1.54, 1.807) is 0 Å². The van der Waals surface area contributed by atoms with Crippen LogP contribution in [0.4, 0.5) is 0 Å². The van der Waals surface area contributed by atoms with Gasteiger partial charge in [-0.15, -0.1) is 22.2 Å². The van der Waals surface area contributed by atoms with Gasteiger partial charge in [0.25, 0.3) is 0 Å². The van der Waals surface area contributed by atoms with E-state index in [4.69, 9.17) is 22.2 Å². The Hall–Kier alpha value is 0.797. The normalized spacial score (nSPS) is 12.0. The van der Waals surface area contributed by atoms with E-state index >= 15 is 0 Å². The molecule has 0 atom stereocenters. The molecule has 0 fully saturated rings. The molecule has 0 aromatic carbocycles. The smallest absolute Gasteiger partial charge is 0.146 e. The summed E-state index contributed by atoms with van der Waals surface area (Å²) in [6, 6.07) is 1.07. The molecule has 0 radical (unpaired) electrons. The third-order valence-corrected chi connectivity index (χ3v) is 9.83. The SMILES string of the molecule is CCCCCCCCCCCCCCCCCCCCCCCCCCCCCC[Si](C)(Cl)Cl. The molecule has 3 heteroatoms. The van der Waals surface area contributed by atoms with Gasteiger partial charge in [0.05, 0.1) is 0 Å². The van der Waals surface area contributed by atoms with Crippen molar-refractivity contribution >= 4 is 28.9 Å². The Morgan fingerprint density at radius 2 is 0.500 bits per heavy atom. The van der Waals surface area contributed by atoms with Crippen molar-refractivity contribution in [3.8, 4) is 0 Å². The monoisotopic (exact) mass is 534 g/mol. The fourth-order valence-electron chi connectivity index (χ4n) is 5.10. The Balaban J connectivity index is 3.03. The first-order valence-electron chi connectivity index (χ1n) is 15.9. The van der Waals surface area contributed by atoms with Crippen molar-refractivity contribution in [2.75, 3.05) is 0 Å². The highest BCUT2D eigenvalue weighted by Gasteiger charge is 2.19. The summed E-state index contributed by atoms with van der Waals surface area (Å²) in [5, 5.41) is 0. The number of halogens is 2. The van der Waals surface area contributed by atoms with Crippen LogP contribution in [-0.4, -0.2) is 6.69 Å². The molecular weight excluding hydrogens is 471 g/mol. The average molecular weight is 536 g/mol. The molecule has 0 rings (SSSR count). The van der Waals surface area contributed by atoms with Crippen LogP contribution in [0.25, 0.3) is 0 Å². The summed E-state index contributed by atoms with van der Waals surface area (Å²) in [7, 11) is 0. The van der Waals surface area contributed by atoms with Crippen LogP contribution in [0, 0.1) is 0 Å². The highest BCUT2D eigenvalue weighted by atomic mass is 35.7. The maximum Gasteiger partial charge on any atom is 0.248 e. The van der Waals surface area contributed by atoms with Crippen LogP contribution in [0.2, 0.25) is 12.6 Å². The minimum absolute atomic E-state index is 1.07. The highest BCUT2D eigenvalue weighted by molar-refractivity contribution is 7.44. The standard InChI is InChI=1S/C31H64Cl2Si/c1-3-4-5-6-7-8-9-10-11-12-13-14-15-16-17-18-19-20-21-22-23-24-25-26-27-28-29-30-31-34(2,32)33/h3-31H2,1-2H3. The fraction of sp³-hybridized carbons (Fsp3) is 1.00. The molecule has 0 saturated heterocycles. The van der Waals surface area contributed by atoms with E-state index in [1.807, 2.05) is 6.55 Å². The van der Waals surface area contributed by atoms with E-state index < -0.39 is 6.69 Å². The predicted molar refractivity (Wildman–Crippen MR) is 163 cm³/mol. The van der Waals surface area contributed by atoms with E-state index in [-0.39, 0.29) is 0 Å². The highest BCUT2D eigenvalue weighted by Crippen LogP contribution is 2.23. The van der Waals surface area contributed by atoms with Crippen molar-refractivity contribution in [3.05, 3.63) is 0 Å². The molecule has 0 aromatic rings. The number of hydrogen-bond acceptors (Lipinski definition) is 0. The molecule has 34 heavy (non-hydrogen) atoms. The zero-order valence-corrected chi connectivity index (χ0v) is 26.3. The molecule has 0 aliphatic carbocycles. The molecule has 0 nitrogen and oxygen atoms in total. The van der Waals surface area contributed by atoms with Gasteiger partial charge in [0.15, 0.2) is 0 Å². The summed E-state index contributed by atoms with van der Waals surface area (Å²) >= 11 is 12.3. The summed E-state index contributed by atoms with van der Waals surface area (Å²) in [5.41, 5.74) is 0. The number of rotatable bonds is 29. The Bertz CT molecular complexity index is 367. The Kier molecular flexibility index (Phi) is 29.0. The van der Waals surface area contributed by atoms with Gasteiger partial charge in [-0.05, 0) is 12.6 Å². The zero-order valence-electron chi connectivity index (χ0n) is 23.8. The van der Waals surface area contributed by atoms with Crippen molar-refractivity contribution in [3.63, 3.8) is 0 Å². The molecule has 0 spiro atoms. The first-order valence-corrected chi connectivity index (χ1v) is 20.7. The molecule has 0 amide bonds. The minimum Gasteiger partial charge on any atom is -0.146 e. The molecule has 0 aliphatic heterocycles. The quantitative estimate of drug-likeness (QED) is 0.0507. The van der Waals surface area contributed by atoms with Crippen LogP contribution >= 0.6 is 22.2 Å². The Morgan fingerprint density at radius 3 is 0.676 bits per heavy atom. The number of unbranched alkanes of at least 4 members (excludes halogenated alkanes) is 27. The second-order valence-corrected chi connectivity index (χ2v) is 19.6. The van der Waals surface area contributed by atoms with Crippen LogP contribution in [-0.2, 0) is 0 Å². The molecule has 0 bridgehead atoms. The second kappa shape index (κ2) is 28.4. The van der Waals surface area contributed by atoms with Gasteiger partial charge in [0.1, 0.15) is 0 Å². The zero-order chi connectivity index (χ0) is 25.0. The van der Waals surface area contributed by atoms with E-state index in [9.17, 15) is 0 Å². The minimum atomic E-state index is -1.83. The summed E-state index contributed by atoms with van der Waals surface area (Å²) in [4.78, 5) is 0. The van der Waals surface area contributed by atoms with Crippen molar-refractivity contribution < 1.29 is 0 Å². The lowest BCUT2D eigenvalue weighted by atomic mass is 10.0. The summed E-state index contributed by atoms with van der Waals surface area (Å²) in [6.07, 6.45) is 40.5. The van der Waals surface area contributed by atoms with Crippen LogP contribution in [0.3, 0.4) is 0 Å². The Labute approximate surface area is 227 Å². The molecule has 0 saturated carbocycles. The van der Waals surface area contributed by atoms with Crippen LogP contribution in [0.15, 0.2) is 0 Å². The van der Waals surface area contributed by atoms with Gasteiger partial charge in [-0.2, -0.15) is 0 Å². The summed E-state index contributed by atoms with van der Waals surface area (Å²) in [6.45, 7) is 2.51. The predicted octanol–water partition coefficient (Wildman–Crippen LogP) is 13.5. The van der Waals surface area contributed by atoms with Gasteiger partial charge >= 0.3 is 0 Å². The van der Waals surface area contributed by atoms with Crippen LogP contribution < -0.4 is 0 Å². The topological polar surface area (TPSA) is 0 Å². The molecule has 0 aromatic heterocycles.